The van der Waals surface area contributed by atoms with E-state index in [1.165, 1.54) is 17.4 Å². The summed E-state index contributed by atoms with van der Waals surface area (Å²) in [6, 6.07) is 18.0. The van der Waals surface area contributed by atoms with E-state index in [4.69, 9.17) is 4.74 Å². The van der Waals surface area contributed by atoms with Gasteiger partial charge in [0, 0.05) is 23.6 Å². The highest BCUT2D eigenvalue weighted by Crippen LogP contribution is 2.32. The van der Waals surface area contributed by atoms with Crippen molar-refractivity contribution in [3.8, 4) is 5.75 Å². The lowest BCUT2D eigenvalue weighted by Crippen LogP contribution is -2.52. The Hall–Kier alpha value is -3.87. The number of para-hydroxylation sites is 1. The summed E-state index contributed by atoms with van der Waals surface area (Å²) in [5.41, 5.74) is 5.22. The molecule has 0 spiro atoms. The number of carbonyl (C=O) groups is 2. The van der Waals surface area contributed by atoms with Gasteiger partial charge in [-0.3, -0.25) is 20.0 Å². The number of nitrogens with one attached hydrogen (secondary N) is 2. The third-order valence-corrected chi connectivity index (χ3v) is 5.30. The zero-order chi connectivity index (χ0) is 22.3. The average molecular weight is 431 g/mol. The number of aromatic nitrogens is 1. The van der Waals surface area contributed by atoms with Crippen molar-refractivity contribution in [2.75, 3.05) is 11.9 Å². The molecule has 0 unspecified atom stereocenters. The molecule has 164 valence electrons. The quantitative estimate of drug-likeness (QED) is 0.512. The minimum absolute atomic E-state index is 0.286. The predicted molar refractivity (Wildman–Crippen MR) is 122 cm³/mol. The Kier molecular flexibility index (Phi) is 6.65. The van der Waals surface area contributed by atoms with Gasteiger partial charge in [-0.05, 0) is 48.4 Å². The van der Waals surface area contributed by atoms with Gasteiger partial charge in [-0.2, -0.15) is 0 Å². The molecule has 2 aromatic carbocycles. The molecule has 1 aliphatic rings. The van der Waals surface area contributed by atoms with Gasteiger partial charge < -0.3 is 10.1 Å². The normalized spacial score (nSPS) is 15.0. The Morgan fingerprint density at radius 3 is 2.56 bits per heavy atom. The summed E-state index contributed by atoms with van der Waals surface area (Å²) in [6.07, 6.45) is 5.80. The molecule has 0 bridgehead atoms. The topological polar surface area (TPSA) is 83.6 Å². The SMILES string of the molecule is CCCCCOc1ccc([C@@H]2Nc3ccccc3C(=O)N2NC(=O)c2ccncc2)cc1. The second kappa shape index (κ2) is 9.96. The molecular weight excluding hydrogens is 404 g/mol. The van der Waals surface area contributed by atoms with E-state index in [2.05, 4.69) is 22.7 Å². The number of rotatable bonds is 8. The Balaban J connectivity index is 1.58. The van der Waals surface area contributed by atoms with E-state index in [9.17, 15) is 9.59 Å². The molecule has 0 aliphatic carbocycles. The minimum atomic E-state index is -0.572. The molecule has 2 heterocycles. The molecule has 1 aliphatic heterocycles. The van der Waals surface area contributed by atoms with Crippen LogP contribution < -0.4 is 15.5 Å². The third-order valence-electron chi connectivity index (χ3n) is 5.30. The number of ether oxygens (including phenoxy) is 1. The number of anilines is 1. The number of amides is 2. The number of hydrogen-bond donors (Lipinski definition) is 2. The van der Waals surface area contributed by atoms with Gasteiger partial charge in [-0.1, -0.05) is 44.0 Å². The maximum absolute atomic E-state index is 13.3. The Morgan fingerprint density at radius 1 is 1.06 bits per heavy atom. The number of carbonyl (C=O) groups excluding carboxylic acids is 2. The lowest BCUT2D eigenvalue weighted by Gasteiger charge is -2.37. The van der Waals surface area contributed by atoms with Crippen molar-refractivity contribution in [1.29, 1.82) is 0 Å². The Morgan fingerprint density at radius 2 is 1.81 bits per heavy atom. The van der Waals surface area contributed by atoms with Gasteiger partial charge in [-0.25, -0.2) is 5.01 Å². The van der Waals surface area contributed by atoms with E-state index in [0.717, 1.165) is 36.3 Å². The standard InChI is InChI=1S/C25H26N4O3/c1-2-3-6-17-32-20-11-9-18(10-12-20)23-27-22-8-5-4-7-21(22)25(31)29(23)28-24(30)19-13-15-26-16-14-19/h4-5,7-16,23,27H,2-3,6,17H2,1H3,(H,28,30)/t23-/m1/s1. The van der Waals surface area contributed by atoms with Gasteiger partial charge in [0.2, 0.25) is 0 Å². The molecule has 4 rings (SSSR count). The molecule has 1 aromatic heterocycles. The Bertz CT molecular complexity index is 1070. The second-order valence-electron chi connectivity index (χ2n) is 7.57. The first-order valence-corrected chi connectivity index (χ1v) is 10.8. The van der Waals surface area contributed by atoms with Gasteiger partial charge in [0.25, 0.3) is 11.8 Å². The highest BCUT2D eigenvalue weighted by molar-refractivity contribution is 6.03. The fraction of sp³-hybridized carbons (Fsp3) is 0.240. The molecule has 2 amide bonds. The number of hydrazine groups is 1. The molecular formula is C25H26N4O3. The number of hydrogen-bond acceptors (Lipinski definition) is 5. The zero-order valence-electron chi connectivity index (χ0n) is 18.0. The van der Waals surface area contributed by atoms with Crippen LogP contribution in [0.1, 0.15) is 58.6 Å². The van der Waals surface area contributed by atoms with E-state index in [1.54, 1.807) is 24.3 Å². The summed E-state index contributed by atoms with van der Waals surface area (Å²) in [4.78, 5) is 30.0. The number of benzene rings is 2. The number of fused-ring (bicyclic) bond motifs is 1. The molecule has 0 radical (unpaired) electrons. The molecule has 7 heteroatoms. The molecule has 32 heavy (non-hydrogen) atoms. The van der Waals surface area contributed by atoms with E-state index in [1.807, 2.05) is 36.4 Å². The molecule has 1 atom stereocenters. The maximum atomic E-state index is 13.3. The summed E-state index contributed by atoms with van der Waals surface area (Å²) in [7, 11) is 0. The van der Waals surface area contributed by atoms with Gasteiger partial charge in [0.05, 0.1) is 12.2 Å². The Labute approximate surface area is 187 Å². The highest BCUT2D eigenvalue weighted by Gasteiger charge is 2.34. The molecule has 0 fully saturated rings. The van der Waals surface area contributed by atoms with Crippen LogP contribution in [0, 0.1) is 0 Å². The highest BCUT2D eigenvalue weighted by atomic mass is 16.5. The van der Waals surface area contributed by atoms with Crippen molar-refractivity contribution >= 4 is 17.5 Å². The van der Waals surface area contributed by atoms with Gasteiger partial charge in [0.1, 0.15) is 11.9 Å². The largest absolute Gasteiger partial charge is 0.494 e. The van der Waals surface area contributed by atoms with Gasteiger partial charge in [0.15, 0.2) is 0 Å². The number of unbranched alkanes of at least 4 members (excludes halogenated alkanes) is 2. The van der Waals surface area contributed by atoms with Crippen LogP contribution in [0.2, 0.25) is 0 Å². The smallest absolute Gasteiger partial charge is 0.276 e. The summed E-state index contributed by atoms with van der Waals surface area (Å²) >= 11 is 0. The van der Waals surface area contributed by atoms with Crippen LogP contribution in [0.3, 0.4) is 0 Å². The molecule has 0 saturated heterocycles. The number of pyridine rings is 1. The first-order valence-electron chi connectivity index (χ1n) is 10.8. The fourth-order valence-electron chi connectivity index (χ4n) is 3.57. The van der Waals surface area contributed by atoms with Crippen molar-refractivity contribution in [3.63, 3.8) is 0 Å². The zero-order valence-corrected chi connectivity index (χ0v) is 18.0. The summed E-state index contributed by atoms with van der Waals surface area (Å²) < 4.78 is 5.80. The van der Waals surface area contributed by atoms with E-state index in [0.29, 0.717) is 17.7 Å². The van der Waals surface area contributed by atoms with Crippen molar-refractivity contribution in [1.82, 2.24) is 15.4 Å². The maximum Gasteiger partial charge on any atom is 0.276 e. The van der Waals surface area contributed by atoms with Gasteiger partial charge >= 0.3 is 0 Å². The average Bonchev–Trinajstić information content (AvgIpc) is 2.84. The first-order chi connectivity index (χ1) is 15.7. The molecule has 3 aromatic rings. The monoisotopic (exact) mass is 430 g/mol. The van der Waals surface area contributed by atoms with Crippen molar-refractivity contribution in [3.05, 3.63) is 89.7 Å². The molecule has 2 N–H and O–H groups in total. The van der Waals surface area contributed by atoms with Crippen LogP contribution in [0.15, 0.2) is 73.1 Å². The summed E-state index contributed by atoms with van der Waals surface area (Å²) in [5, 5.41) is 4.70. The van der Waals surface area contributed by atoms with E-state index < -0.39 is 6.17 Å². The molecule has 0 saturated carbocycles. The lowest BCUT2D eigenvalue weighted by molar-refractivity contribution is 0.0491. The predicted octanol–water partition coefficient (Wildman–Crippen LogP) is 4.56. The van der Waals surface area contributed by atoms with Crippen LogP contribution >= 0.6 is 0 Å². The van der Waals surface area contributed by atoms with Crippen LogP contribution in [0.5, 0.6) is 5.75 Å². The van der Waals surface area contributed by atoms with Gasteiger partial charge in [-0.15, -0.1) is 0 Å². The van der Waals surface area contributed by atoms with Crippen LogP contribution in [0.4, 0.5) is 5.69 Å². The lowest BCUT2D eigenvalue weighted by atomic mass is 10.0. The van der Waals surface area contributed by atoms with E-state index in [-0.39, 0.29) is 11.8 Å². The minimum Gasteiger partial charge on any atom is -0.494 e. The van der Waals surface area contributed by atoms with Crippen molar-refractivity contribution in [2.24, 2.45) is 0 Å². The second-order valence-corrected chi connectivity index (χ2v) is 7.57. The van der Waals surface area contributed by atoms with Crippen LogP contribution in [-0.2, 0) is 0 Å². The molecule has 7 nitrogen and oxygen atoms in total. The summed E-state index contributed by atoms with van der Waals surface area (Å²) in [5.74, 6) is 0.106. The number of nitrogens with zero attached hydrogens (tertiary/aromatic N) is 2. The van der Waals surface area contributed by atoms with Crippen LogP contribution in [0.25, 0.3) is 0 Å². The first kappa shape index (κ1) is 21.4. The fourth-order valence-corrected chi connectivity index (χ4v) is 3.57. The van der Waals surface area contributed by atoms with Crippen molar-refractivity contribution in [2.45, 2.75) is 32.4 Å². The van der Waals surface area contributed by atoms with E-state index >= 15 is 0 Å². The third kappa shape index (κ3) is 4.72. The van der Waals surface area contributed by atoms with Crippen LogP contribution in [-0.4, -0.2) is 28.4 Å². The summed E-state index contributed by atoms with van der Waals surface area (Å²) in [6.45, 7) is 2.83. The van der Waals surface area contributed by atoms with Crippen molar-refractivity contribution < 1.29 is 14.3 Å².